The molecule has 8 heteroatoms. The van der Waals surface area contributed by atoms with Crippen LogP contribution in [0.15, 0.2) is 12.4 Å². The highest BCUT2D eigenvalue weighted by molar-refractivity contribution is 5.81. The first-order valence-corrected chi connectivity index (χ1v) is 6.75. The summed E-state index contributed by atoms with van der Waals surface area (Å²) in [6.45, 7) is 2.78. The quantitative estimate of drug-likeness (QED) is 0.928. The van der Waals surface area contributed by atoms with Gasteiger partial charge in [0.05, 0.1) is 0 Å². The molecule has 1 saturated heterocycles. The van der Waals surface area contributed by atoms with E-state index in [0.29, 0.717) is 25.2 Å². The van der Waals surface area contributed by atoms with Crippen LogP contribution in [0.1, 0.15) is 18.5 Å². The lowest BCUT2D eigenvalue weighted by Gasteiger charge is -2.32. The summed E-state index contributed by atoms with van der Waals surface area (Å²) in [7, 11) is 0. The number of likely N-dealkylation sites (tertiary alicyclic amines) is 1. The zero-order valence-electron chi connectivity index (χ0n) is 11.7. The number of aryl methyl sites for hydroxylation is 1. The van der Waals surface area contributed by atoms with E-state index < -0.39 is 12.1 Å². The van der Waals surface area contributed by atoms with Crippen molar-refractivity contribution in [3.8, 4) is 0 Å². The molecular formula is C13H17F3N4O. The Balaban J connectivity index is 1.78. The van der Waals surface area contributed by atoms with E-state index in [4.69, 9.17) is 0 Å². The summed E-state index contributed by atoms with van der Waals surface area (Å²) < 4.78 is 37.0. The van der Waals surface area contributed by atoms with Gasteiger partial charge in [-0.05, 0) is 25.7 Å². The van der Waals surface area contributed by atoms with Gasteiger partial charge in [-0.2, -0.15) is 13.2 Å². The van der Waals surface area contributed by atoms with Gasteiger partial charge in [0.2, 0.25) is 0 Å². The number of hydrogen-bond acceptors (Lipinski definition) is 4. The molecule has 1 fully saturated rings. The number of piperidine rings is 1. The van der Waals surface area contributed by atoms with Crippen LogP contribution in [0, 0.1) is 12.8 Å². The van der Waals surface area contributed by atoms with Gasteiger partial charge in [-0.15, -0.1) is 0 Å². The Hall–Kier alpha value is -1.86. The third-order valence-electron chi connectivity index (χ3n) is 3.52. The highest BCUT2D eigenvalue weighted by atomic mass is 19.4. The maximum Gasteiger partial charge on any atom is 0.471 e. The van der Waals surface area contributed by atoms with Crippen molar-refractivity contribution in [2.24, 2.45) is 5.92 Å². The third-order valence-corrected chi connectivity index (χ3v) is 3.52. The molecule has 2 heterocycles. The summed E-state index contributed by atoms with van der Waals surface area (Å²) in [6, 6.07) is 1.81. The van der Waals surface area contributed by atoms with E-state index >= 15 is 0 Å². The van der Waals surface area contributed by atoms with Gasteiger partial charge in [0.1, 0.15) is 12.1 Å². The average molecular weight is 302 g/mol. The lowest BCUT2D eigenvalue weighted by Crippen LogP contribution is -2.46. The molecule has 1 N–H and O–H groups in total. The molecule has 0 bridgehead atoms. The third kappa shape index (κ3) is 4.30. The number of carbonyl (C=O) groups excluding carboxylic acids is 1. The number of halogens is 3. The molecule has 1 aliphatic rings. The molecule has 0 unspecified atom stereocenters. The van der Waals surface area contributed by atoms with Crippen LogP contribution in [0.2, 0.25) is 0 Å². The van der Waals surface area contributed by atoms with Crippen molar-refractivity contribution < 1.29 is 18.0 Å². The van der Waals surface area contributed by atoms with Crippen LogP contribution in [0.25, 0.3) is 0 Å². The van der Waals surface area contributed by atoms with E-state index in [-0.39, 0.29) is 19.0 Å². The monoisotopic (exact) mass is 302 g/mol. The van der Waals surface area contributed by atoms with E-state index in [2.05, 4.69) is 15.3 Å². The molecule has 0 saturated carbocycles. The van der Waals surface area contributed by atoms with Crippen LogP contribution in [-0.2, 0) is 4.79 Å². The molecule has 5 nitrogen and oxygen atoms in total. The van der Waals surface area contributed by atoms with E-state index in [9.17, 15) is 18.0 Å². The van der Waals surface area contributed by atoms with E-state index in [0.717, 1.165) is 10.6 Å². The van der Waals surface area contributed by atoms with E-state index in [1.165, 1.54) is 6.33 Å². The number of nitrogens with zero attached hydrogens (tertiary/aromatic N) is 3. The summed E-state index contributed by atoms with van der Waals surface area (Å²) in [5.74, 6) is -0.797. The summed E-state index contributed by atoms with van der Waals surface area (Å²) in [5.41, 5.74) is 0.845. The van der Waals surface area contributed by atoms with Crippen LogP contribution in [-0.4, -0.2) is 46.6 Å². The molecule has 21 heavy (non-hydrogen) atoms. The summed E-state index contributed by atoms with van der Waals surface area (Å²) >= 11 is 0. The van der Waals surface area contributed by atoms with Crippen molar-refractivity contribution in [3.05, 3.63) is 18.1 Å². The van der Waals surface area contributed by atoms with Gasteiger partial charge in [-0.25, -0.2) is 9.97 Å². The largest absolute Gasteiger partial charge is 0.471 e. The molecule has 0 spiro atoms. The van der Waals surface area contributed by atoms with E-state index in [1.807, 2.05) is 13.0 Å². The molecular weight excluding hydrogens is 285 g/mol. The Kier molecular flexibility index (Phi) is 4.64. The molecule has 1 amide bonds. The van der Waals surface area contributed by atoms with E-state index in [1.54, 1.807) is 0 Å². The normalized spacial score (nSPS) is 16.9. The highest BCUT2D eigenvalue weighted by Crippen LogP contribution is 2.24. The molecule has 1 aromatic heterocycles. The second kappa shape index (κ2) is 6.28. The lowest BCUT2D eigenvalue weighted by atomic mass is 9.96. The number of nitrogens with one attached hydrogen (secondary N) is 1. The van der Waals surface area contributed by atoms with Crippen LogP contribution in [0.4, 0.5) is 19.0 Å². The van der Waals surface area contributed by atoms with Crippen LogP contribution < -0.4 is 5.32 Å². The molecule has 116 valence electrons. The van der Waals surface area contributed by atoms with Crippen LogP contribution >= 0.6 is 0 Å². The second-order valence-electron chi connectivity index (χ2n) is 5.16. The minimum Gasteiger partial charge on any atom is -0.370 e. The minimum absolute atomic E-state index is 0.146. The predicted octanol–water partition coefficient (Wildman–Crippen LogP) is 2.00. The molecule has 2 rings (SSSR count). The minimum atomic E-state index is -4.77. The average Bonchev–Trinajstić information content (AvgIpc) is 2.44. The van der Waals surface area contributed by atoms with Gasteiger partial charge in [-0.1, -0.05) is 0 Å². The Morgan fingerprint density at radius 3 is 2.62 bits per heavy atom. The topological polar surface area (TPSA) is 58.1 Å². The summed E-state index contributed by atoms with van der Waals surface area (Å²) in [6.07, 6.45) is -2.20. The first-order valence-electron chi connectivity index (χ1n) is 6.75. The zero-order valence-corrected chi connectivity index (χ0v) is 11.7. The predicted molar refractivity (Wildman–Crippen MR) is 70.6 cm³/mol. The second-order valence-corrected chi connectivity index (χ2v) is 5.16. The van der Waals surface area contributed by atoms with Gasteiger partial charge in [-0.3, -0.25) is 4.79 Å². The molecule has 1 aliphatic heterocycles. The maximum absolute atomic E-state index is 12.3. The number of amides is 1. The fourth-order valence-corrected chi connectivity index (χ4v) is 2.32. The number of aromatic nitrogens is 2. The molecule has 0 radical (unpaired) electrons. The Morgan fingerprint density at radius 1 is 1.38 bits per heavy atom. The number of alkyl halides is 3. The smallest absolute Gasteiger partial charge is 0.370 e. The molecule has 0 atom stereocenters. The van der Waals surface area contributed by atoms with Crippen molar-refractivity contribution in [3.63, 3.8) is 0 Å². The Labute approximate surface area is 120 Å². The van der Waals surface area contributed by atoms with Crippen molar-refractivity contribution in [2.45, 2.75) is 25.9 Å². The van der Waals surface area contributed by atoms with Gasteiger partial charge >= 0.3 is 12.1 Å². The van der Waals surface area contributed by atoms with Crippen molar-refractivity contribution >= 4 is 11.7 Å². The van der Waals surface area contributed by atoms with Gasteiger partial charge in [0.25, 0.3) is 0 Å². The number of rotatable bonds is 3. The maximum atomic E-state index is 12.3. The van der Waals surface area contributed by atoms with Crippen molar-refractivity contribution in [2.75, 3.05) is 25.0 Å². The van der Waals surface area contributed by atoms with Gasteiger partial charge in [0.15, 0.2) is 0 Å². The first-order chi connectivity index (χ1) is 9.86. The number of carbonyl (C=O) groups is 1. The Morgan fingerprint density at radius 2 is 2.05 bits per heavy atom. The lowest BCUT2D eigenvalue weighted by molar-refractivity contribution is -0.186. The number of anilines is 1. The number of hydrogen-bond donors (Lipinski definition) is 1. The zero-order chi connectivity index (χ0) is 15.5. The van der Waals surface area contributed by atoms with Gasteiger partial charge in [0, 0.05) is 31.4 Å². The van der Waals surface area contributed by atoms with Crippen LogP contribution in [0.3, 0.4) is 0 Å². The standard InChI is InChI=1S/C13H17F3N4O/c1-9-6-11(19-8-18-9)17-7-10-2-4-20(5-3-10)12(21)13(14,15)16/h6,8,10H,2-5,7H2,1H3,(H,17,18,19). The molecule has 0 aromatic carbocycles. The summed E-state index contributed by atoms with van der Waals surface area (Å²) in [4.78, 5) is 20.0. The van der Waals surface area contributed by atoms with Crippen molar-refractivity contribution in [1.29, 1.82) is 0 Å². The van der Waals surface area contributed by atoms with Crippen LogP contribution in [0.5, 0.6) is 0 Å². The fourth-order valence-electron chi connectivity index (χ4n) is 2.32. The van der Waals surface area contributed by atoms with Crippen molar-refractivity contribution in [1.82, 2.24) is 14.9 Å². The Bertz CT molecular complexity index is 498. The molecule has 1 aromatic rings. The summed E-state index contributed by atoms with van der Waals surface area (Å²) in [5, 5.41) is 3.15. The molecule has 0 aliphatic carbocycles. The van der Waals surface area contributed by atoms with Gasteiger partial charge < -0.3 is 10.2 Å². The highest BCUT2D eigenvalue weighted by Gasteiger charge is 2.43. The fraction of sp³-hybridized carbons (Fsp3) is 0.615. The first kappa shape index (κ1) is 15.5. The SMILES string of the molecule is Cc1cc(NCC2CCN(C(=O)C(F)(F)F)CC2)ncn1.